The molecule has 6 nitrogen and oxygen atoms in total. The highest BCUT2D eigenvalue weighted by atomic mass is 32.2. The lowest BCUT2D eigenvalue weighted by atomic mass is 10.3. The van der Waals surface area contributed by atoms with Gasteiger partial charge in [0.15, 0.2) is 4.80 Å². The number of thiophene rings is 1. The van der Waals surface area contributed by atoms with E-state index < -0.39 is 15.9 Å². The minimum Gasteiger partial charge on any atom is -0.319 e. The van der Waals surface area contributed by atoms with Gasteiger partial charge < -0.3 is 4.57 Å². The molecule has 0 aliphatic rings. The summed E-state index contributed by atoms with van der Waals surface area (Å²) in [6, 6.07) is 10.9. The van der Waals surface area contributed by atoms with Crippen molar-refractivity contribution in [3.8, 4) is 0 Å². The van der Waals surface area contributed by atoms with Crippen molar-refractivity contribution in [1.29, 1.82) is 0 Å². The van der Waals surface area contributed by atoms with Crippen molar-refractivity contribution < 1.29 is 13.2 Å². The summed E-state index contributed by atoms with van der Waals surface area (Å²) in [5.74, 6) is -0.500. The van der Waals surface area contributed by atoms with E-state index in [1.54, 1.807) is 11.4 Å². The molecular weight excluding hydrogens is 366 g/mol. The topological polar surface area (TPSA) is 71.7 Å². The third-order valence-electron chi connectivity index (χ3n) is 3.45. The van der Waals surface area contributed by atoms with Gasteiger partial charge in [-0.25, -0.2) is 8.42 Å². The van der Waals surface area contributed by atoms with Crippen molar-refractivity contribution in [3.63, 3.8) is 0 Å². The van der Waals surface area contributed by atoms with E-state index in [1.807, 2.05) is 35.9 Å². The van der Waals surface area contributed by atoms with Gasteiger partial charge in [0.2, 0.25) is 0 Å². The van der Waals surface area contributed by atoms with Crippen molar-refractivity contribution >= 4 is 48.8 Å². The quantitative estimate of drug-likeness (QED) is 0.694. The van der Waals surface area contributed by atoms with Crippen LogP contribution >= 0.6 is 22.7 Å². The molecule has 0 atom stereocenters. The number of carbonyl (C=O) groups excluding carboxylic acids is 1. The molecule has 2 heterocycles. The standard InChI is InChI=1S/C15H15N3O3S3/c1-17(24(20,21)14-8-5-9-22-14)10-13(19)16-15-18(2)11-6-3-4-7-12(11)23-15/h3-9H,10H2,1-2H3. The number of sulfonamides is 1. The second-order valence-corrected chi connectivity index (χ2v) is 9.34. The van der Waals surface area contributed by atoms with Crippen LogP contribution in [0.5, 0.6) is 0 Å². The first-order valence-electron chi connectivity index (χ1n) is 7.01. The summed E-state index contributed by atoms with van der Waals surface area (Å²) in [7, 11) is -0.437. The first-order valence-corrected chi connectivity index (χ1v) is 10.1. The van der Waals surface area contributed by atoms with Gasteiger partial charge in [0.05, 0.1) is 16.8 Å². The maximum Gasteiger partial charge on any atom is 0.263 e. The molecule has 0 aliphatic heterocycles. The van der Waals surface area contributed by atoms with Gasteiger partial charge in [0.1, 0.15) is 4.21 Å². The van der Waals surface area contributed by atoms with Gasteiger partial charge in [-0.2, -0.15) is 9.30 Å². The Morgan fingerprint density at radius 2 is 2.00 bits per heavy atom. The molecule has 0 aliphatic carbocycles. The van der Waals surface area contributed by atoms with Crippen molar-refractivity contribution in [2.24, 2.45) is 12.0 Å². The largest absolute Gasteiger partial charge is 0.319 e. The first kappa shape index (κ1) is 17.0. The van der Waals surface area contributed by atoms with Crippen LogP contribution in [0.3, 0.4) is 0 Å². The number of benzene rings is 1. The molecule has 1 aromatic carbocycles. The Hall–Kier alpha value is -1.81. The predicted molar refractivity (Wildman–Crippen MR) is 95.5 cm³/mol. The lowest BCUT2D eigenvalue weighted by molar-refractivity contribution is -0.118. The normalized spacial score (nSPS) is 13.0. The molecule has 24 heavy (non-hydrogen) atoms. The Balaban J connectivity index is 1.86. The van der Waals surface area contributed by atoms with Crippen LogP contribution in [0.4, 0.5) is 0 Å². The number of aromatic nitrogens is 1. The second-order valence-electron chi connectivity index (χ2n) is 5.11. The van der Waals surface area contributed by atoms with E-state index >= 15 is 0 Å². The fourth-order valence-corrected chi connectivity index (χ4v) is 5.53. The van der Waals surface area contributed by atoms with E-state index in [-0.39, 0.29) is 10.8 Å². The van der Waals surface area contributed by atoms with Crippen LogP contribution < -0.4 is 4.80 Å². The van der Waals surface area contributed by atoms with Crippen LogP contribution in [-0.4, -0.2) is 36.8 Å². The summed E-state index contributed by atoms with van der Waals surface area (Å²) in [6.07, 6.45) is 0. The van der Waals surface area contributed by atoms with E-state index in [2.05, 4.69) is 4.99 Å². The molecule has 3 rings (SSSR count). The van der Waals surface area contributed by atoms with Crippen LogP contribution in [0.2, 0.25) is 0 Å². The minimum atomic E-state index is -3.65. The maximum atomic E-state index is 12.3. The summed E-state index contributed by atoms with van der Waals surface area (Å²) >= 11 is 2.52. The van der Waals surface area contributed by atoms with E-state index in [9.17, 15) is 13.2 Å². The highest BCUT2D eigenvalue weighted by molar-refractivity contribution is 7.91. The van der Waals surface area contributed by atoms with Crippen molar-refractivity contribution in [3.05, 3.63) is 46.6 Å². The fraction of sp³-hybridized carbons (Fsp3) is 0.200. The van der Waals surface area contributed by atoms with Gasteiger partial charge >= 0.3 is 0 Å². The van der Waals surface area contributed by atoms with Crippen LogP contribution in [0.15, 0.2) is 51.0 Å². The number of rotatable bonds is 4. The fourth-order valence-electron chi connectivity index (χ4n) is 2.17. The lowest BCUT2D eigenvalue weighted by Crippen LogP contribution is -2.32. The zero-order valence-corrected chi connectivity index (χ0v) is 15.5. The van der Waals surface area contributed by atoms with E-state index in [4.69, 9.17) is 0 Å². The number of likely N-dealkylation sites (N-methyl/N-ethyl adjacent to an activating group) is 1. The Bertz CT molecular complexity index is 1050. The molecule has 0 fully saturated rings. The average Bonchev–Trinajstić information content (AvgIpc) is 3.17. The van der Waals surface area contributed by atoms with E-state index in [0.717, 1.165) is 25.9 Å². The molecule has 126 valence electrons. The Morgan fingerprint density at radius 3 is 2.67 bits per heavy atom. The number of amides is 1. The Kier molecular flexibility index (Phi) is 4.68. The van der Waals surface area contributed by atoms with Crippen LogP contribution in [0.25, 0.3) is 10.2 Å². The zero-order valence-electron chi connectivity index (χ0n) is 13.0. The molecule has 0 bridgehead atoms. The van der Waals surface area contributed by atoms with Crippen LogP contribution in [-0.2, 0) is 21.9 Å². The molecule has 0 saturated heterocycles. The number of thiazole rings is 1. The van der Waals surface area contributed by atoms with Gasteiger partial charge in [0.25, 0.3) is 15.9 Å². The number of hydrogen-bond donors (Lipinski definition) is 0. The van der Waals surface area contributed by atoms with E-state index in [0.29, 0.717) is 4.80 Å². The molecule has 0 N–H and O–H groups in total. The molecule has 2 aromatic heterocycles. The summed E-state index contributed by atoms with van der Waals surface area (Å²) in [4.78, 5) is 16.8. The lowest BCUT2D eigenvalue weighted by Gasteiger charge is -2.13. The first-order chi connectivity index (χ1) is 11.4. The third kappa shape index (κ3) is 3.20. The molecule has 9 heteroatoms. The summed E-state index contributed by atoms with van der Waals surface area (Å²) < 4.78 is 28.7. The SMILES string of the molecule is CN(CC(=O)N=c1sc2ccccc2n1C)S(=O)(=O)c1cccs1. The molecule has 3 aromatic rings. The van der Waals surface area contributed by atoms with Gasteiger partial charge in [-0.1, -0.05) is 29.5 Å². The minimum absolute atomic E-state index is 0.213. The highest BCUT2D eigenvalue weighted by Crippen LogP contribution is 2.19. The number of para-hydroxylation sites is 1. The molecule has 0 spiro atoms. The molecule has 0 radical (unpaired) electrons. The summed E-state index contributed by atoms with van der Waals surface area (Å²) in [5, 5.41) is 1.68. The van der Waals surface area contributed by atoms with Crippen molar-refractivity contribution in [2.75, 3.05) is 13.6 Å². The van der Waals surface area contributed by atoms with Gasteiger partial charge in [-0.05, 0) is 23.6 Å². The number of aryl methyl sites for hydroxylation is 1. The maximum absolute atomic E-state index is 12.3. The predicted octanol–water partition coefficient (Wildman–Crippen LogP) is 2.05. The second kappa shape index (κ2) is 6.60. The van der Waals surface area contributed by atoms with Gasteiger partial charge in [-0.3, -0.25) is 4.79 Å². The average molecular weight is 382 g/mol. The Morgan fingerprint density at radius 1 is 1.25 bits per heavy atom. The van der Waals surface area contributed by atoms with Gasteiger partial charge in [-0.15, -0.1) is 11.3 Å². The highest BCUT2D eigenvalue weighted by Gasteiger charge is 2.23. The number of hydrogen-bond acceptors (Lipinski definition) is 5. The molecule has 1 amide bonds. The summed E-state index contributed by atoms with van der Waals surface area (Å²) in [6.45, 7) is -0.297. The number of carbonyl (C=O) groups is 1. The van der Waals surface area contributed by atoms with Crippen LogP contribution in [0.1, 0.15) is 0 Å². The Labute approximate surface area is 147 Å². The monoisotopic (exact) mass is 381 g/mol. The smallest absolute Gasteiger partial charge is 0.263 e. The molecule has 0 saturated carbocycles. The van der Waals surface area contributed by atoms with Crippen LogP contribution in [0, 0.1) is 0 Å². The zero-order chi connectivity index (χ0) is 17.3. The van der Waals surface area contributed by atoms with Gasteiger partial charge in [0, 0.05) is 14.1 Å². The third-order valence-corrected chi connectivity index (χ3v) is 7.74. The van der Waals surface area contributed by atoms with Crippen molar-refractivity contribution in [1.82, 2.24) is 8.87 Å². The van der Waals surface area contributed by atoms with E-state index in [1.165, 1.54) is 24.5 Å². The number of nitrogens with zero attached hydrogens (tertiary/aromatic N) is 3. The molecule has 0 unspecified atom stereocenters. The number of fused-ring (bicyclic) bond motifs is 1. The summed E-state index contributed by atoms with van der Waals surface area (Å²) in [5.41, 5.74) is 0.980. The molecular formula is C15H15N3O3S3. The van der Waals surface area contributed by atoms with Crippen molar-refractivity contribution in [2.45, 2.75) is 4.21 Å².